The molecule has 0 unspecified atom stereocenters. The van der Waals surface area contributed by atoms with Gasteiger partial charge < -0.3 is 4.74 Å². The molecule has 0 bridgehead atoms. The van der Waals surface area contributed by atoms with E-state index in [4.69, 9.17) is 4.74 Å². The van der Waals surface area contributed by atoms with Gasteiger partial charge >= 0.3 is 5.97 Å². The van der Waals surface area contributed by atoms with Crippen molar-refractivity contribution in [3.8, 4) is 0 Å². The molecule has 0 N–H and O–H groups in total. The van der Waals surface area contributed by atoms with Crippen LogP contribution in [0.5, 0.6) is 0 Å². The minimum Gasteiger partial charge on any atom is -0.466 e. The lowest BCUT2D eigenvalue weighted by molar-refractivity contribution is -0.144. The number of nitrogens with zero attached hydrogens (tertiary/aromatic N) is 2. The molecule has 0 amide bonds. The van der Waals surface area contributed by atoms with Crippen molar-refractivity contribution in [2.24, 2.45) is 5.92 Å². The zero-order chi connectivity index (χ0) is 11.8. The molecule has 1 fully saturated rings. The maximum atomic E-state index is 11.5. The molecule has 1 aliphatic rings. The van der Waals surface area contributed by atoms with E-state index in [-0.39, 0.29) is 17.8 Å². The first-order valence-corrected chi connectivity index (χ1v) is 5.90. The van der Waals surface area contributed by atoms with E-state index in [1.807, 2.05) is 41.9 Å². The molecule has 0 aromatic carbocycles. The third-order valence-electron chi connectivity index (χ3n) is 3.15. The first-order valence-electron chi connectivity index (χ1n) is 5.90. The monoisotopic (exact) mass is 230 g/mol. The molecule has 0 spiro atoms. The number of rotatable bonds is 3. The van der Waals surface area contributed by atoms with Gasteiger partial charge in [-0.3, -0.25) is 4.79 Å². The highest BCUT2D eigenvalue weighted by atomic mass is 16.5. The zero-order valence-corrected chi connectivity index (χ0v) is 9.67. The van der Waals surface area contributed by atoms with E-state index < -0.39 is 0 Å². The maximum absolute atomic E-state index is 11.5. The minimum absolute atomic E-state index is 0.0138. The van der Waals surface area contributed by atoms with Crippen molar-refractivity contribution in [3.63, 3.8) is 0 Å². The second-order valence-corrected chi connectivity index (χ2v) is 4.34. The Bertz CT molecular complexity index is 528. The van der Waals surface area contributed by atoms with Crippen LogP contribution in [0.3, 0.4) is 0 Å². The summed E-state index contributed by atoms with van der Waals surface area (Å²) >= 11 is 0. The van der Waals surface area contributed by atoms with Crippen molar-refractivity contribution < 1.29 is 9.53 Å². The number of hydrogen-bond donors (Lipinski definition) is 0. The van der Waals surface area contributed by atoms with Gasteiger partial charge in [0.2, 0.25) is 0 Å². The van der Waals surface area contributed by atoms with Gasteiger partial charge in [0.05, 0.1) is 23.7 Å². The average Bonchev–Trinajstić information content (AvgIpc) is 3.02. The lowest BCUT2D eigenvalue weighted by Gasteiger charge is -1.98. The van der Waals surface area contributed by atoms with Crippen molar-refractivity contribution in [1.82, 2.24) is 9.61 Å². The summed E-state index contributed by atoms with van der Waals surface area (Å²) in [6, 6.07) is 7.98. The van der Waals surface area contributed by atoms with Crippen molar-refractivity contribution in [2.75, 3.05) is 6.61 Å². The van der Waals surface area contributed by atoms with Crippen LogP contribution in [0, 0.1) is 5.92 Å². The van der Waals surface area contributed by atoms with Gasteiger partial charge in [-0.05, 0) is 31.5 Å². The Kier molecular flexibility index (Phi) is 2.35. The predicted octanol–water partition coefficient (Wildman–Crippen LogP) is 2.00. The quantitative estimate of drug-likeness (QED) is 0.757. The molecule has 4 nitrogen and oxygen atoms in total. The van der Waals surface area contributed by atoms with E-state index in [2.05, 4.69) is 5.10 Å². The molecule has 17 heavy (non-hydrogen) atoms. The molecule has 1 saturated carbocycles. The topological polar surface area (TPSA) is 43.6 Å². The van der Waals surface area contributed by atoms with Gasteiger partial charge in [0.25, 0.3) is 0 Å². The van der Waals surface area contributed by atoms with Gasteiger partial charge in [-0.1, -0.05) is 6.07 Å². The van der Waals surface area contributed by atoms with Gasteiger partial charge in [-0.2, -0.15) is 5.10 Å². The van der Waals surface area contributed by atoms with Crippen LogP contribution in [0.25, 0.3) is 5.52 Å². The van der Waals surface area contributed by atoms with Crippen molar-refractivity contribution in [3.05, 3.63) is 36.2 Å². The van der Waals surface area contributed by atoms with Gasteiger partial charge in [0.15, 0.2) is 0 Å². The van der Waals surface area contributed by atoms with Gasteiger partial charge in [-0.25, -0.2) is 4.52 Å². The fourth-order valence-electron chi connectivity index (χ4n) is 2.17. The standard InChI is InChI=1S/C13H14N2O2/c1-2-17-13(16)11-8-10(11)12-7-9-5-3-4-6-15(9)14-12/h3-7,10-11H,2,8H2,1H3/t10-,11-/m0/s1. The van der Waals surface area contributed by atoms with Crippen LogP contribution in [0.1, 0.15) is 25.0 Å². The summed E-state index contributed by atoms with van der Waals surface area (Å²) in [5.41, 5.74) is 2.06. The summed E-state index contributed by atoms with van der Waals surface area (Å²) in [6.45, 7) is 2.29. The number of esters is 1. The van der Waals surface area contributed by atoms with E-state index in [0.29, 0.717) is 6.61 Å². The number of fused-ring (bicyclic) bond motifs is 1. The number of carbonyl (C=O) groups is 1. The van der Waals surface area contributed by atoms with Crippen LogP contribution in [-0.4, -0.2) is 22.2 Å². The summed E-state index contributed by atoms with van der Waals surface area (Å²) in [6.07, 6.45) is 2.78. The first-order chi connectivity index (χ1) is 8.29. The number of hydrogen-bond acceptors (Lipinski definition) is 3. The molecule has 2 aromatic rings. The van der Waals surface area contributed by atoms with Crippen molar-refractivity contribution in [1.29, 1.82) is 0 Å². The number of pyridine rings is 1. The summed E-state index contributed by atoms with van der Waals surface area (Å²) in [5, 5.41) is 4.48. The number of ether oxygens (including phenoxy) is 1. The molecule has 2 heterocycles. The maximum Gasteiger partial charge on any atom is 0.309 e. The highest BCUT2D eigenvalue weighted by molar-refractivity contribution is 5.77. The number of aromatic nitrogens is 2. The molecule has 2 atom stereocenters. The van der Waals surface area contributed by atoms with Crippen LogP contribution in [-0.2, 0) is 9.53 Å². The average molecular weight is 230 g/mol. The molecule has 0 saturated heterocycles. The van der Waals surface area contributed by atoms with Crippen molar-refractivity contribution >= 4 is 11.5 Å². The highest BCUT2D eigenvalue weighted by Crippen LogP contribution is 2.47. The van der Waals surface area contributed by atoms with Crippen LogP contribution in [0.4, 0.5) is 0 Å². The molecule has 4 heteroatoms. The molecular weight excluding hydrogens is 216 g/mol. The molecule has 0 radical (unpaired) electrons. The Morgan fingerprint density at radius 1 is 1.59 bits per heavy atom. The Hall–Kier alpha value is -1.84. The second-order valence-electron chi connectivity index (χ2n) is 4.34. The van der Waals surface area contributed by atoms with E-state index in [1.165, 1.54) is 0 Å². The van der Waals surface area contributed by atoms with Gasteiger partial charge in [-0.15, -0.1) is 0 Å². The van der Waals surface area contributed by atoms with Crippen molar-refractivity contribution in [2.45, 2.75) is 19.3 Å². The molecule has 2 aromatic heterocycles. The summed E-state index contributed by atoms with van der Waals surface area (Å²) in [4.78, 5) is 11.5. The fourth-order valence-corrected chi connectivity index (χ4v) is 2.17. The first kappa shape index (κ1) is 10.3. The zero-order valence-electron chi connectivity index (χ0n) is 9.67. The molecule has 88 valence electrons. The van der Waals surface area contributed by atoms with Crippen LogP contribution >= 0.6 is 0 Å². The Balaban J connectivity index is 1.80. The Morgan fingerprint density at radius 3 is 3.24 bits per heavy atom. The van der Waals surface area contributed by atoms with Gasteiger partial charge in [0.1, 0.15) is 0 Å². The smallest absolute Gasteiger partial charge is 0.309 e. The fraction of sp³-hybridized carbons (Fsp3) is 0.385. The third-order valence-corrected chi connectivity index (χ3v) is 3.15. The minimum atomic E-state index is -0.0884. The summed E-state index contributed by atoms with van der Waals surface area (Å²) in [7, 11) is 0. The lowest BCUT2D eigenvalue weighted by Crippen LogP contribution is -2.07. The van der Waals surface area contributed by atoms with Gasteiger partial charge in [0, 0.05) is 12.1 Å². The molecule has 0 aliphatic heterocycles. The Morgan fingerprint density at radius 2 is 2.47 bits per heavy atom. The highest BCUT2D eigenvalue weighted by Gasteiger charge is 2.46. The van der Waals surface area contributed by atoms with E-state index in [0.717, 1.165) is 17.6 Å². The van der Waals surface area contributed by atoms with Crippen LogP contribution in [0.2, 0.25) is 0 Å². The van der Waals surface area contributed by atoms with Crippen LogP contribution < -0.4 is 0 Å². The Labute approximate surface area is 99.2 Å². The molecule has 1 aliphatic carbocycles. The third kappa shape index (κ3) is 1.79. The predicted molar refractivity (Wildman–Crippen MR) is 62.7 cm³/mol. The van der Waals surface area contributed by atoms with Crippen LogP contribution in [0.15, 0.2) is 30.5 Å². The summed E-state index contributed by atoms with van der Waals surface area (Å²) in [5.74, 6) is 0.170. The molecular formula is C13H14N2O2. The van der Waals surface area contributed by atoms with E-state index in [1.54, 1.807) is 0 Å². The number of carbonyl (C=O) groups excluding carboxylic acids is 1. The van der Waals surface area contributed by atoms with E-state index in [9.17, 15) is 4.79 Å². The largest absolute Gasteiger partial charge is 0.466 e. The summed E-state index contributed by atoms with van der Waals surface area (Å²) < 4.78 is 6.86. The second kappa shape index (κ2) is 3.87. The van der Waals surface area contributed by atoms with E-state index >= 15 is 0 Å². The lowest BCUT2D eigenvalue weighted by atomic mass is 10.2. The normalized spacial score (nSPS) is 22.6. The SMILES string of the molecule is CCOC(=O)[C@H]1C[C@@H]1c1cc2ccccn2n1. The molecule has 3 rings (SSSR count).